The standard InChI is InChI=1S/C30H26O4.C9H8N2/c1-18(2)17-34-28(33)15-25-23-13-12-22-21-11-7-6-10-20(21)14-24(19-8-4-3-5-9-19)29(22)30(23)27(32)16-26(25)31;1-2-5-9-8(4-1)10-6-3-7-11-9/h3-14,18,24H,15-17H2,1-2H3;1-7,10H. The van der Waals surface area contributed by atoms with Crippen molar-refractivity contribution in [2.45, 2.75) is 32.6 Å². The predicted molar refractivity (Wildman–Crippen MR) is 178 cm³/mol. The predicted octanol–water partition coefficient (Wildman–Crippen LogP) is 6.12. The van der Waals surface area contributed by atoms with E-state index in [1.54, 1.807) is 6.21 Å². The van der Waals surface area contributed by atoms with Crippen LogP contribution in [-0.4, -0.2) is 30.4 Å². The van der Waals surface area contributed by atoms with Crippen LogP contribution in [-0.2, 0) is 14.3 Å². The molecule has 7 rings (SSSR count). The number of para-hydroxylation sites is 2. The fraction of sp³-hybridized carbons (Fsp3) is 0.179. The Morgan fingerprint density at radius 2 is 1.60 bits per heavy atom. The van der Waals surface area contributed by atoms with Crippen LogP contribution in [0.3, 0.4) is 0 Å². The maximum atomic E-state index is 13.3. The van der Waals surface area contributed by atoms with Crippen molar-refractivity contribution < 1.29 is 19.1 Å². The van der Waals surface area contributed by atoms with E-state index in [9.17, 15) is 14.4 Å². The molecule has 6 nitrogen and oxygen atoms in total. The van der Waals surface area contributed by atoms with Crippen LogP contribution in [0.15, 0.2) is 108 Å². The highest BCUT2D eigenvalue weighted by atomic mass is 16.5. The Bertz CT molecular complexity index is 2080. The van der Waals surface area contributed by atoms with E-state index in [4.69, 9.17) is 4.74 Å². The van der Waals surface area contributed by atoms with Crippen LogP contribution in [0.5, 0.6) is 0 Å². The van der Waals surface area contributed by atoms with Gasteiger partial charge in [-0.05, 0) is 56.1 Å². The van der Waals surface area contributed by atoms with Crippen LogP contribution in [0.1, 0.15) is 54.1 Å². The Morgan fingerprint density at radius 1 is 0.867 bits per heavy atom. The van der Waals surface area contributed by atoms with Crippen molar-refractivity contribution in [1.29, 1.82) is 0 Å². The van der Waals surface area contributed by atoms with Gasteiger partial charge in [0.05, 0.1) is 30.8 Å². The number of nitrogens with zero attached hydrogens (tertiary/aromatic N) is 1. The van der Waals surface area contributed by atoms with Crippen LogP contribution >= 0.6 is 0 Å². The van der Waals surface area contributed by atoms with Gasteiger partial charge in [0.2, 0.25) is 0 Å². The van der Waals surface area contributed by atoms with Crippen LogP contribution in [0, 0.1) is 16.4 Å². The fourth-order valence-electron chi connectivity index (χ4n) is 5.96. The van der Waals surface area contributed by atoms with Gasteiger partial charge in [-0.1, -0.05) is 98.8 Å². The second-order valence-corrected chi connectivity index (χ2v) is 11.6. The zero-order valence-corrected chi connectivity index (χ0v) is 25.3. The number of nitrogens with one attached hydrogen (secondary N) is 1. The molecule has 4 aromatic carbocycles. The van der Waals surface area contributed by atoms with Crippen LogP contribution < -0.4 is 15.8 Å². The monoisotopic (exact) mass is 594 g/mol. The Morgan fingerprint density at radius 3 is 2.42 bits per heavy atom. The van der Waals surface area contributed by atoms with Gasteiger partial charge in [-0.2, -0.15) is 0 Å². The third kappa shape index (κ3) is 6.31. The van der Waals surface area contributed by atoms with Crippen molar-refractivity contribution in [2.24, 2.45) is 10.9 Å². The Hall–Kier alpha value is -5.36. The summed E-state index contributed by atoms with van der Waals surface area (Å²) in [6, 6.07) is 30.0. The number of benzene rings is 4. The number of fused-ring (bicyclic) bond motifs is 5. The van der Waals surface area contributed by atoms with Gasteiger partial charge in [-0.15, -0.1) is 0 Å². The van der Waals surface area contributed by atoms with Crippen LogP contribution in [0.25, 0.3) is 11.6 Å². The van der Waals surface area contributed by atoms with Gasteiger partial charge in [0, 0.05) is 29.5 Å². The first-order valence-corrected chi connectivity index (χ1v) is 15.2. The van der Waals surface area contributed by atoms with Crippen molar-refractivity contribution in [2.75, 3.05) is 11.9 Å². The molecule has 1 heterocycles. The summed E-state index contributed by atoms with van der Waals surface area (Å²) < 4.78 is 5.34. The molecule has 0 saturated heterocycles. The quantitative estimate of drug-likeness (QED) is 0.222. The van der Waals surface area contributed by atoms with Gasteiger partial charge in [0.1, 0.15) is 0 Å². The number of hydrogen-bond donors (Lipinski definition) is 1. The van der Waals surface area contributed by atoms with Crippen molar-refractivity contribution in [3.63, 3.8) is 0 Å². The molecule has 1 unspecified atom stereocenters. The summed E-state index contributed by atoms with van der Waals surface area (Å²) >= 11 is 0. The van der Waals surface area contributed by atoms with E-state index in [0.29, 0.717) is 23.0 Å². The molecule has 1 aliphatic heterocycles. The van der Waals surface area contributed by atoms with E-state index in [2.05, 4.69) is 40.7 Å². The van der Waals surface area contributed by atoms with Crippen molar-refractivity contribution in [3.05, 3.63) is 141 Å². The number of rotatable bonds is 5. The molecule has 6 heteroatoms. The number of anilines is 1. The van der Waals surface area contributed by atoms with Gasteiger partial charge in [0.25, 0.3) is 0 Å². The van der Waals surface area contributed by atoms with Crippen LogP contribution in [0.4, 0.5) is 11.4 Å². The van der Waals surface area contributed by atoms with Gasteiger partial charge in [-0.3, -0.25) is 19.4 Å². The molecule has 224 valence electrons. The third-order valence-corrected chi connectivity index (χ3v) is 8.01. The highest BCUT2D eigenvalue weighted by molar-refractivity contribution is 6.29. The molecule has 45 heavy (non-hydrogen) atoms. The maximum Gasteiger partial charge on any atom is 0.310 e. The highest BCUT2D eigenvalue weighted by Crippen LogP contribution is 2.33. The lowest BCUT2D eigenvalue weighted by atomic mass is 9.77. The topological polar surface area (TPSA) is 84.8 Å². The summed E-state index contributed by atoms with van der Waals surface area (Å²) in [7, 11) is 0. The van der Waals surface area contributed by atoms with Crippen molar-refractivity contribution in [1.82, 2.24) is 0 Å². The fourth-order valence-corrected chi connectivity index (χ4v) is 5.96. The number of esters is 1. The minimum Gasteiger partial charge on any atom is -0.465 e. The second kappa shape index (κ2) is 13.1. The molecular weight excluding hydrogens is 560 g/mol. The van der Waals surface area contributed by atoms with Gasteiger partial charge in [-0.25, -0.2) is 0 Å². The molecule has 2 aliphatic carbocycles. The first-order chi connectivity index (χ1) is 21.9. The normalized spacial score (nSPS) is 15.7. The lowest BCUT2D eigenvalue weighted by molar-refractivity contribution is -0.143. The van der Waals surface area contributed by atoms with E-state index in [0.717, 1.165) is 38.2 Å². The minimum atomic E-state index is -0.438. The number of allylic oxidation sites excluding steroid dienone is 1. The van der Waals surface area contributed by atoms with E-state index < -0.39 is 5.97 Å². The zero-order valence-electron chi connectivity index (χ0n) is 25.3. The maximum absolute atomic E-state index is 13.3. The van der Waals surface area contributed by atoms with Gasteiger partial charge >= 0.3 is 5.97 Å². The number of hydrogen-bond acceptors (Lipinski definition) is 6. The van der Waals surface area contributed by atoms with Gasteiger partial charge in [0.15, 0.2) is 11.6 Å². The second-order valence-electron chi connectivity index (χ2n) is 11.6. The van der Waals surface area contributed by atoms with E-state index >= 15 is 0 Å². The third-order valence-electron chi connectivity index (χ3n) is 8.01. The lowest BCUT2D eigenvalue weighted by Gasteiger charge is -2.24. The summed E-state index contributed by atoms with van der Waals surface area (Å²) in [5, 5.41) is 6.86. The van der Waals surface area contributed by atoms with E-state index in [1.807, 2.05) is 92.9 Å². The van der Waals surface area contributed by atoms with Crippen molar-refractivity contribution in [3.8, 4) is 0 Å². The Labute approximate surface area is 261 Å². The Kier molecular flexibility index (Phi) is 8.65. The molecule has 0 radical (unpaired) electrons. The molecule has 4 aromatic rings. The smallest absolute Gasteiger partial charge is 0.310 e. The summed E-state index contributed by atoms with van der Waals surface area (Å²) in [4.78, 5) is 42.9. The van der Waals surface area contributed by atoms with Crippen molar-refractivity contribution >= 4 is 46.8 Å². The van der Waals surface area contributed by atoms with E-state index in [-0.39, 0.29) is 36.2 Å². The molecule has 0 saturated carbocycles. The molecule has 3 aliphatic rings. The molecule has 0 bridgehead atoms. The molecule has 1 N–H and O–H groups in total. The van der Waals surface area contributed by atoms with Gasteiger partial charge < -0.3 is 10.1 Å². The molecule has 0 aromatic heterocycles. The first-order valence-electron chi connectivity index (χ1n) is 15.2. The number of carbonyl (C=O) groups is 3. The number of ether oxygens (including phenoxy) is 1. The highest BCUT2D eigenvalue weighted by Gasteiger charge is 2.31. The molecular formula is C39H34N2O4. The minimum absolute atomic E-state index is 0.124. The summed E-state index contributed by atoms with van der Waals surface area (Å²) in [6.45, 7) is 4.23. The lowest BCUT2D eigenvalue weighted by Crippen LogP contribution is -2.33. The van der Waals surface area contributed by atoms with E-state index in [1.165, 1.54) is 0 Å². The number of Topliss-reactive ketones (excluding diaryl/α,β-unsaturated/α-hetero) is 2. The average Bonchev–Trinajstić information content (AvgIpc) is 3.31. The summed E-state index contributed by atoms with van der Waals surface area (Å²) in [5.74, 6) is -0.849. The average molecular weight is 595 g/mol. The SMILES string of the molecule is C1=CNc2ccccc2N=C1.CC(C)COC(=O)CC1=c2ccc3c(c2C(=O)CC1=O)C(c1ccccc1)C=c1ccccc1=3. The largest absolute Gasteiger partial charge is 0.465 e. The zero-order chi connectivity index (χ0) is 31.3. The molecule has 0 amide bonds. The number of carbonyl (C=O) groups excluding carboxylic acids is 3. The Balaban J connectivity index is 0.000000272. The molecule has 0 fully saturated rings. The summed E-state index contributed by atoms with van der Waals surface area (Å²) in [5.41, 5.74) is 4.96. The molecule has 0 spiro atoms. The number of aliphatic imine (C=N–C) groups is 1. The molecule has 1 atom stereocenters. The van der Waals surface area contributed by atoms with Crippen LogP contribution in [0.2, 0.25) is 0 Å². The summed E-state index contributed by atoms with van der Waals surface area (Å²) in [6.07, 6.45) is 7.36. The number of ketones is 2. The first kappa shape index (κ1) is 29.7.